The van der Waals surface area contributed by atoms with Gasteiger partial charge in [0, 0.05) is 15.8 Å². The molecule has 13 heavy (non-hydrogen) atoms. The monoisotopic (exact) mass is 236 g/mol. The van der Waals surface area contributed by atoms with Crippen LogP contribution in [0.2, 0.25) is 10.0 Å². The van der Waals surface area contributed by atoms with Crippen LogP contribution in [0.5, 0.6) is 0 Å². The summed E-state index contributed by atoms with van der Waals surface area (Å²) >= 11 is 12.1. The maximum absolute atomic E-state index is 6.06. The molecule has 0 aliphatic carbocycles. The fraction of sp³-hybridized carbons (Fsp3) is 0.400. The number of hydrogen-bond acceptors (Lipinski definition) is 0. The normalized spacial score (nSPS) is 13.0. The van der Waals surface area contributed by atoms with Crippen molar-refractivity contribution in [1.82, 2.24) is 0 Å². The van der Waals surface area contributed by atoms with E-state index in [9.17, 15) is 0 Å². The van der Waals surface area contributed by atoms with E-state index in [0.29, 0.717) is 0 Å². The fourth-order valence-electron chi connectivity index (χ4n) is 1.10. The second-order valence-electron chi connectivity index (χ2n) is 3.94. The Morgan fingerprint density at radius 1 is 1.08 bits per heavy atom. The first-order valence-electron chi connectivity index (χ1n) is 3.99. The van der Waals surface area contributed by atoms with Gasteiger partial charge in [0.1, 0.15) is 0 Å². The van der Waals surface area contributed by atoms with E-state index in [4.69, 9.17) is 23.2 Å². The average molecular weight is 237 g/mol. The van der Waals surface area contributed by atoms with Crippen LogP contribution in [-0.4, -0.2) is 18.8 Å². The molecule has 0 saturated carbocycles. The molecule has 1 aromatic carbocycles. The largest absolute Gasteiger partial charge is 0.245 e. The molecule has 0 spiro atoms. The molecule has 0 radical (unpaired) electrons. The second kappa shape index (κ2) is 4.12. The van der Waals surface area contributed by atoms with Gasteiger partial charge in [-0.05, 0) is 36.5 Å². The average Bonchev–Trinajstić information content (AvgIpc) is 1.95. The Hall–Kier alpha value is 0.150. The summed E-state index contributed by atoms with van der Waals surface area (Å²) in [7, 11) is -0.591. The highest BCUT2D eigenvalue weighted by Gasteiger charge is 2.11. The lowest BCUT2D eigenvalue weighted by atomic mass is 10.2. The van der Waals surface area contributed by atoms with Crippen LogP contribution >= 0.6 is 33.2 Å². The highest BCUT2D eigenvalue weighted by Crippen LogP contribution is 2.42. The molecule has 0 heterocycles. The van der Waals surface area contributed by atoms with Gasteiger partial charge in [0.15, 0.2) is 0 Å². The van der Waals surface area contributed by atoms with Crippen LogP contribution in [0.1, 0.15) is 5.56 Å². The Morgan fingerprint density at radius 3 is 1.92 bits per heavy atom. The van der Waals surface area contributed by atoms with E-state index in [1.807, 2.05) is 18.2 Å². The van der Waals surface area contributed by atoms with Crippen LogP contribution < -0.4 is 0 Å². The van der Waals surface area contributed by atoms with E-state index in [-0.39, 0.29) is 0 Å². The van der Waals surface area contributed by atoms with Crippen molar-refractivity contribution in [1.29, 1.82) is 0 Å². The molecule has 0 aromatic heterocycles. The van der Waals surface area contributed by atoms with E-state index in [1.54, 1.807) is 0 Å². The number of rotatable bonds is 2. The minimum atomic E-state index is -0.591. The van der Waals surface area contributed by atoms with Crippen molar-refractivity contribution in [2.24, 2.45) is 0 Å². The number of benzene rings is 1. The molecule has 0 aliphatic heterocycles. The van der Waals surface area contributed by atoms with Crippen molar-refractivity contribution in [3.63, 3.8) is 0 Å². The molecule has 0 amide bonds. The van der Waals surface area contributed by atoms with Crippen molar-refractivity contribution in [3.05, 3.63) is 33.8 Å². The smallest absolute Gasteiger partial charge is 0.0460 e. The van der Waals surface area contributed by atoms with Crippen LogP contribution in [-0.2, 0) is 5.75 Å². The molecule has 0 unspecified atom stereocenters. The summed E-state index contributed by atoms with van der Waals surface area (Å²) in [4.78, 5) is 0. The van der Waals surface area contributed by atoms with Gasteiger partial charge in [0.25, 0.3) is 0 Å². The van der Waals surface area contributed by atoms with Gasteiger partial charge in [-0.25, -0.2) is 10.0 Å². The second-order valence-corrected chi connectivity index (χ2v) is 9.22. The van der Waals surface area contributed by atoms with Gasteiger partial charge in [0.05, 0.1) is 0 Å². The maximum Gasteiger partial charge on any atom is 0.0460 e. The van der Waals surface area contributed by atoms with Gasteiger partial charge in [-0.15, -0.1) is 0 Å². The molecular formula is C10H14Cl2S. The van der Waals surface area contributed by atoms with Crippen LogP contribution in [0.3, 0.4) is 0 Å². The topological polar surface area (TPSA) is 0 Å². The molecule has 0 atom stereocenters. The third-order valence-electron chi connectivity index (χ3n) is 1.64. The lowest BCUT2D eigenvalue weighted by Gasteiger charge is -2.26. The van der Waals surface area contributed by atoms with Gasteiger partial charge in [-0.2, -0.15) is 0 Å². The summed E-state index contributed by atoms with van der Waals surface area (Å²) in [5, 5.41) is 1.57. The minimum absolute atomic E-state index is 0.591. The summed E-state index contributed by atoms with van der Waals surface area (Å²) in [5.74, 6) is 0.992. The van der Waals surface area contributed by atoms with Crippen LogP contribution in [0.15, 0.2) is 18.2 Å². The Labute approximate surface area is 91.6 Å². The van der Waals surface area contributed by atoms with Crippen molar-refractivity contribution >= 4 is 33.2 Å². The van der Waals surface area contributed by atoms with Gasteiger partial charge in [0.2, 0.25) is 0 Å². The van der Waals surface area contributed by atoms with Crippen LogP contribution in [0, 0.1) is 0 Å². The summed E-state index contributed by atoms with van der Waals surface area (Å²) < 4.78 is 0. The first kappa shape index (κ1) is 11.2. The summed E-state index contributed by atoms with van der Waals surface area (Å²) in [5.41, 5.74) is 1.09. The Balaban J connectivity index is 3.00. The third-order valence-corrected chi connectivity index (χ3v) is 3.50. The van der Waals surface area contributed by atoms with Crippen LogP contribution in [0.4, 0.5) is 0 Å². The molecule has 74 valence electrons. The number of halogens is 2. The zero-order chi connectivity index (χ0) is 10.1. The van der Waals surface area contributed by atoms with Gasteiger partial charge in [-0.3, -0.25) is 0 Å². The molecule has 1 aromatic rings. The van der Waals surface area contributed by atoms with Crippen molar-refractivity contribution in [2.45, 2.75) is 5.75 Å². The standard InChI is InChI=1S/C10H14Cl2S/c1-13(2,3)7-8-9(11)5-4-6-10(8)12/h4-6H,7H2,1-3H3. The molecule has 0 nitrogen and oxygen atoms in total. The van der Waals surface area contributed by atoms with E-state index < -0.39 is 10.0 Å². The SMILES string of the molecule is CS(C)(C)Cc1c(Cl)cccc1Cl. The fourth-order valence-corrected chi connectivity index (χ4v) is 2.97. The lowest BCUT2D eigenvalue weighted by molar-refractivity contribution is 1.39. The highest BCUT2D eigenvalue weighted by atomic mass is 35.5. The minimum Gasteiger partial charge on any atom is -0.245 e. The molecule has 0 N–H and O–H groups in total. The van der Waals surface area contributed by atoms with Crippen molar-refractivity contribution in [2.75, 3.05) is 18.8 Å². The summed E-state index contributed by atoms with van der Waals surface area (Å²) in [6, 6.07) is 5.67. The highest BCUT2D eigenvalue weighted by molar-refractivity contribution is 8.31. The molecule has 1 rings (SSSR count). The quantitative estimate of drug-likeness (QED) is 0.723. The Kier molecular flexibility index (Phi) is 3.56. The third kappa shape index (κ3) is 3.41. The Bertz CT molecular complexity index is 282. The number of hydrogen-bond donors (Lipinski definition) is 0. The van der Waals surface area contributed by atoms with E-state index >= 15 is 0 Å². The van der Waals surface area contributed by atoms with Crippen molar-refractivity contribution in [3.8, 4) is 0 Å². The first-order valence-corrected chi connectivity index (χ1v) is 7.77. The predicted octanol–water partition coefficient (Wildman–Crippen LogP) is 4.19. The zero-order valence-electron chi connectivity index (χ0n) is 8.10. The molecule has 0 aliphatic rings. The van der Waals surface area contributed by atoms with E-state index in [2.05, 4.69) is 18.8 Å². The van der Waals surface area contributed by atoms with Gasteiger partial charge < -0.3 is 0 Å². The van der Waals surface area contributed by atoms with Crippen LogP contribution in [0.25, 0.3) is 0 Å². The zero-order valence-corrected chi connectivity index (χ0v) is 10.4. The van der Waals surface area contributed by atoms with Gasteiger partial charge >= 0.3 is 0 Å². The predicted molar refractivity (Wildman–Crippen MR) is 65.5 cm³/mol. The molecule has 3 heteroatoms. The van der Waals surface area contributed by atoms with E-state index in [0.717, 1.165) is 21.4 Å². The molecule has 0 bridgehead atoms. The van der Waals surface area contributed by atoms with Crippen molar-refractivity contribution < 1.29 is 0 Å². The lowest BCUT2D eigenvalue weighted by Crippen LogP contribution is -1.98. The summed E-state index contributed by atoms with van der Waals surface area (Å²) in [6.07, 6.45) is 6.77. The molecular weight excluding hydrogens is 223 g/mol. The first-order chi connectivity index (χ1) is 5.90. The molecule has 0 saturated heterocycles. The van der Waals surface area contributed by atoms with E-state index in [1.165, 1.54) is 0 Å². The maximum atomic E-state index is 6.06. The van der Waals surface area contributed by atoms with Gasteiger partial charge in [-0.1, -0.05) is 29.3 Å². The Morgan fingerprint density at radius 2 is 1.54 bits per heavy atom. The summed E-state index contributed by atoms with van der Waals surface area (Å²) in [6.45, 7) is 0. The molecule has 0 fully saturated rings.